The standard InChI is InChI=1S/C25H35NO5/c1-16(2)7-5-8-17(3)9-6-10-25(4)22(29)14-19-21(28)13-18-20(23(19)31-25)15-26(11-12-27)24(18)30/h7-8,13,22,27-29H,5-6,9-12,14-15H2,1-4H3/b17-8+. The van der Waals surface area contributed by atoms with Crippen LogP contribution in [0.15, 0.2) is 29.4 Å². The molecule has 0 aromatic heterocycles. The molecule has 3 N–H and O–H groups in total. The Balaban J connectivity index is 1.75. The number of aromatic hydroxyl groups is 1. The predicted octanol–water partition coefficient (Wildman–Crippen LogP) is 3.87. The summed E-state index contributed by atoms with van der Waals surface area (Å²) in [6.07, 6.45) is 7.37. The largest absolute Gasteiger partial charge is 0.508 e. The molecule has 2 aliphatic heterocycles. The summed E-state index contributed by atoms with van der Waals surface area (Å²) >= 11 is 0. The zero-order chi connectivity index (χ0) is 22.8. The molecule has 31 heavy (non-hydrogen) atoms. The molecule has 3 rings (SSSR count). The Labute approximate surface area is 184 Å². The summed E-state index contributed by atoms with van der Waals surface area (Å²) in [6.45, 7) is 8.68. The van der Waals surface area contributed by atoms with Crippen molar-refractivity contribution in [2.45, 2.75) is 78.0 Å². The average Bonchev–Trinajstić information content (AvgIpc) is 3.00. The van der Waals surface area contributed by atoms with Crippen molar-refractivity contribution in [3.8, 4) is 11.5 Å². The Kier molecular flexibility index (Phi) is 7.12. The predicted molar refractivity (Wildman–Crippen MR) is 120 cm³/mol. The molecule has 2 atom stereocenters. The first-order valence-electron chi connectivity index (χ1n) is 11.1. The van der Waals surface area contributed by atoms with Gasteiger partial charge in [-0.15, -0.1) is 0 Å². The number of aliphatic hydroxyl groups is 2. The first-order valence-corrected chi connectivity index (χ1v) is 11.1. The number of carbonyl (C=O) groups excluding carboxylic acids is 1. The highest BCUT2D eigenvalue weighted by molar-refractivity contribution is 6.00. The normalized spacial score (nSPS) is 22.8. The second-order valence-electron chi connectivity index (χ2n) is 9.24. The van der Waals surface area contributed by atoms with Gasteiger partial charge in [-0.05, 0) is 59.4 Å². The minimum Gasteiger partial charge on any atom is -0.508 e. The molecule has 2 heterocycles. The number of nitrogens with zero attached hydrogens (tertiary/aromatic N) is 1. The number of amides is 1. The van der Waals surface area contributed by atoms with E-state index in [0.717, 1.165) is 24.8 Å². The topological polar surface area (TPSA) is 90.2 Å². The highest BCUT2D eigenvalue weighted by atomic mass is 16.5. The van der Waals surface area contributed by atoms with Crippen molar-refractivity contribution in [2.75, 3.05) is 13.2 Å². The average molecular weight is 430 g/mol. The highest BCUT2D eigenvalue weighted by Gasteiger charge is 2.44. The molecule has 1 aromatic carbocycles. The lowest BCUT2D eigenvalue weighted by atomic mass is 9.83. The molecular formula is C25H35NO5. The fraction of sp³-hybridized carbons (Fsp3) is 0.560. The summed E-state index contributed by atoms with van der Waals surface area (Å²) in [5.41, 5.74) is 3.54. The van der Waals surface area contributed by atoms with E-state index in [2.05, 4.69) is 32.9 Å². The first kappa shape index (κ1) is 23.4. The lowest BCUT2D eigenvalue weighted by Gasteiger charge is -2.41. The van der Waals surface area contributed by atoms with Crippen LogP contribution in [0, 0.1) is 0 Å². The van der Waals surface area contributed by atoms with E-state index in [1.165, 1.54) is 17.2 Å². The van der Waals surface area contributed by atoms with Crippen molar-refractivity contribution in [1.29, 1.82) is 0 Å². The van der Waals surface area contributed by atoms with Crippen LogP contribution >= 0.6 is 0 Å². The van der Waals surface area contributed by atoms with Crippen LogP contribution in [0.25, 0.3) is 0 Å². The zero-order valence-corrected chi connectivity index (χ0v) is 19.1. The van der Waals surface area contributed by atoms with Crippen LogP contribution in [0.3, 0.4) is 0 Å². The maximum atomic E-state index is 12.6. The Morgan fingerprint density at radius 1 is 1.29 bits per heavy atom. The van der Waals surface area contributed by atoms with Crippen molar-refractivity contribution in [2.24, 2.45) is 0 Å². The van der Waals surface area contributed by atoms with E-state index in [0.29, 0.717) is 29.8 Å². The number of aliphatic hydroxyl groups excluding tert-OH is 2. The number of hydrogen-bond acceptors (Lipinski definition) is 5. The number of benzene rings is 1. The fourth-order valence-electron chi connectivity index (χ4n) is 4.38. The zero-order valence-electron chi connectivity index (χ0n) is 19.1. The molecular weight excluding hydrogens is 394 g/mol. The van der Waals surface area contributed by atoms with Gasteiger partial charge < -0.3 is 25.0 Å². The molecule has 0 spiro atoms. The highest BCUT2D eigenvalue weighted by Crippen LogP contribution is 2.46. The maximum absolute atomic E-state index is 12.6. The monoisotopic (exact) mass is 429 g/mol. The fourth-order valence-corrected chi connectivity index (χ4v) is 4.38. The van der Waals surface area contributed by atoms with Gasteiger partial charge in [0.2, 0.25) is 0 Å². The van der Waals surface area contributed by atoms with E-state index in [9.17, 15) is 20.1 Å². The smallest absolute Gasteiger partial charge is 0.254 e. The summed E-state index contributed by atoms with van der Waals surface area (Å²) in [5, 5.41) is 30.6. The second-order valence-corrected chi connectivity index (χ2v) is 9.24. The maximum Gasteiger partial charge on any atom is 0.254 e. The van der Waals surface area contributed by atoms with E-state index in [1.54, 1.807) is 4.90 Å². The number of hydrogen-bond donors (Lipinski definition) is 3. The third kappa shape index (κ3) is 4.96. The molecule has 6 heteroatoms. The van der Waals surface area contributed by atoms with Crippen molar-refractivity contribution < 1.29 is 24.9 Å². The number of rotatable bonds is 8. The van der Waals surface area contributed by atoms with Gasteiger partial charge in [-0.3, -0.25) is 4.79 Å². The van der Waals surface area contributed by atoms with Crippen LogP contribution in [-0.2, 0) is 13.0 Å². The van der Waals surface area contributed by atoms with Gasteiger partial charge in [0.25, 0.3) is 5.91 Å². The van der Waals surface area contributed by atoms with Gasteiger partial charge in [-0.25, -0.2) is 0 Å². The second kappa shape index (κ2) is 9.45. The lowest BCUT2D eigenvalue weighted by molar-refractivity contribution is -0.0614. The third-order valence-electron chi connectivity index (χ3n) is 6.37. The quantitative estimate of drug-likeness (QED) is 0.546. The minimum atomic E-state index is -0.789. The van der Waals surface area contributed by atoms with Crippen molar-refractivity contribution >= 4 is 5.91 Å². The van der Waals surface area contributed by atoms with Crippen molar-refractivity contribution in [1.82, 2.24) is 4.90 Å². The van der Waals surface area contributed by atoms with E-state index in [1.807, 2.05) is 6.92 Å². The van der Waals surface area contributed by atoms with E-state index >= 15 is 0 Å². The van der Waals surface area contributed by atoms with E-state index in [4.69, 9.17) is 4.74 Å². The Bertz CT molecular complexity index is 900. The molecule has 1 aromatic rings. The van der Waals surface area contributed by atoms with Gasteiger partial charge in [-0.1, -0.05) is 23.3 Å². The number of fused-ring (bicyclic) bond motifs is 3. The van der Waals surface area contributed by atoms with E-state index in [-0.39, 0.29) is 31.2 Å². The third-order valence-corrected chi connectivity index (χ3v) is 6.37. The SMILES string of the molecule is CC(C)=CC/C=C(\C)CCCC1(C)Oc2c(c(O)cc3c2CN(CCO)C3=O)CC1O. The van der Waals surface area contributed by atoms with Gasteiger partial charge in [0, 0.05) is 24.1 Å². The van der Waals surface area contributed by atoms with Gasteiger partial charge in [0.15, 0.2) is 0 Å². The molecule has 170 valence electrons. The van der Waals surface area contributed by atoms with Crippen LogP contribution in [-0.4, -0.2) is 51.0 Å². The van der Waals surface area contributed by atoms with Gasteiger partial charge in [-0.2, -0.15) is 0 Å². The van der Waals surface area contributed by atoms with Crippen LogP contribution < -0.4 is 4.74 Å². The Morgan fingerprint density at radius 3 is 2.71 bits per heavy atom. The van der Waals surface area contributed by atoms with Gasteiger partial charge in [0.05, 0.1) is 24.8 Å². The minimum absolute atomic E-state index is 0.0212. The van der Waals surface area contributed by atoms with Crippen LogP contribution in [0.4, 0.5) is 0 Å². The molecule has 0 aliphatic carbocycles. The summed E-state index contributed by atoms with van der Waals surface area (Å²) in [4.78, 5) is 14.2. The van der Waals surface area contributed by atoms with Crippen molar-refractivity contribution in [3.05, 3.63) is 46.1 Å². The number of β-amino-alcohol motifs (C(OH)–C–C–N with tert-alkyl or cyclic N) is 1. The molecule has 0 radical (unpaired) electrons. The lowest BCUT2D eigenvalue weighted by Crippen LogP contribution is -2.49. The number of allylic oxidation sites excluding steroid dienone is 4. The summed E-state index contributed by atoms with van der Waals surface area (Å²) in [7, 11) is 0. The first-order chi connectivity index (χ1) is 14.7. The molecule has 6 nitrogen and oxygen atoms in total. The molecule has 2 unspecified atom stereocenters. The molecule has 2 aliphatic rings. The number of ether oxygens (including phenoxy) is 1. The van der Waals surface area contributed by atoms with Crippen LogP contribution in [0.2, 0.25) is 0 Å². The van der Waals surface area contributed by atoms with Crippen LogP contribution in [0.1, 0.15) is 74.9 Å². The molecule has 1 amide bonds. The molecule has 0 fully saturated rings. The van der Waals surface area contributed by atoms with Crippen LogP contribution in [0.5, 0.6) is 11.5 Å². The summed E-state index contributed by atoms with van der Waals surface area (Å²) in [5.74, 6) is 0.287. The number of phenolic OH excluding ortho intramolecular Hbond substituents is 1. The molecule has 0 bridgehead atoms. The molecule has 0 saturated heterocycles. The van der Waals surface area contributed by atoms with E-state index < -0.39 is 11.7 Å². The number of phenols is 1. The molecule has 0 saturated carbocycles. The number of carbonyl (C=O) groups is 1. The Hall–Kier alpha value is -2.31. The van der Waals surface area contributed by atoms with Gasteiger partial charge in [0.1, 0.15) is 17.1 Å². The summed E-state index contributed by atoms with van der Waals surface area (Å²) < 4.78 is 6.34. The van der Waals surface area contributed by atoms with Crippen molar-refractivity contribution in [3.63, 3.8) is 0 Å². The van der Waals surface area contributed by atoms with Gasteiger partial charge >= 0.3 is 0 Å². The summed E-state index contributed by atoms with van der Waals surface area (Å²) in [6, 6.07) is 1.47. The Morgan fingerprint density at radius 2 is 2.03 bits per heavy atom.